The lowest BCUT2D eigenvalue weighted by molar-refractivity contribution is 0.102. The van der Waals surface area contributed by atoms with Crippen molar-refractivity contribution < 1.29 is 4.79 Å². The van der Waals surface area contributed by atoms with E-state index in [1.165, 1.54) is 11.3 Å². The fourth-order valence-corrected chi connectivity index (χ4v) is 2.67. The van der Waals surface area contributed by atoms with Crippen LogP contribution in [-0.4, -0.2) is 15.3 Å². The van der Waals surface area contributed by atoms with E-state index in [4.69, 9.17) is 11.6 Å². The third kappa shape index (κ3) is 1.79. The van der Waals surface area contributed by atoms with Crippen molar-refractivity contribution in [1.82, 2.24) is 9.55 Å². The van der Waals surface area contributed by atoms with Gasteiger partial charge < -0.3 is 4.57 Å². The molecule has 0 saturated heterocycles. The number of rotatable bonds is 3. The maximum absolute atomic E-state index is 12.2. The third-order valence-electron chi connectivity index (χ3n) is 2.36. The van der Waals surface area contributed by atoms with Crippen molar-refractivity contribution in [3.8, 4) is 0 Å². The molecular formula is C11H11ClN2OS. The minimum absolute atomic E-state index is 0.102. The summed E-state index contributed by atoms with van der Waals surface area (Å²) in [6, 6.07) is 0. The number of hydrogen-bond acceptors (Lipinski definition) is 3. The average molecular weight is 255 g/mol. The van der Waals surface area contributed by atoms with Gasteiger partial charge in [-0.1, -0.05) is 11.6 Å². The lowest BCUT2D eigenvalue weighted by Gasteiger charge is -2.02. The Morgan fingerprint density at radius 1 is 1.62 bits per heavy atom. The Bertz CT molecular complexity index is 530. The summed E-state index contributed by atoms with van der Waals surface area (Å²) < 4.78 is 1.81. The van der Waals surface area contributed by atoms with Gasteiger partial charge in [0.2, 0.25) is 5.78 Å². The zero-order valence-corrected chi connectivity index (χ0v) is 10.6. The van der Waals surface area contributed by atoms with Crippen molar-refractivity contribution >= 4 is 28.7 Å². The second-order valence-electron chi connectivity index (χ2n) is 3.43. The molecule has 2 aromatic rings. The van der Waals surface area contributed by atoms with Crippen LogP contribution in [0.4, 0.5) is 0 Å². The van der Waals surface area contributed by atoms with Gasteiger partial charge in [0.15, 0.2) is 5.82 Å². The van der Waals surface area contributed by atoms with E-state index in [1.54, 1.807) is 12.4 Å². The van der Waals surface area contributed by atoms with Crippen LogP contribution in [0, 0.1) is 6.92 Å². The molecule has 0 unspecified atom stereocenters. The number of halogens is 1. The SMILES string of the molecule is CCn1ccnc1C(=O)c1scc(C)c1Cl. The van der Waals surface area contributed by atoms with Crippen LogP contribution in [-0.2, 0) is 6.54 Å². The lowest BCUT2D eigenvalue weighted by atomic mass is 10.2. The van der Waals surface area contributed by atoms with Gasteiger partial charge in [0, 0.05) is 18.9 Å². The molecule has 16 heavy (non-hydrogen) atoms. The maximum Gasteiger partial charge on any atom is 0.239 e. The summed E-state index contributed by atoms with van der Waals surface area (Å²) in [5, 5.41) is 2.43. The van der Waals surface area contributed by atoms with E-state index in [0.29, 0.717) is 15.7 Å². The van der Waals surface area contributed by atoms with Crippen molar-refractivity contribution in [2.75, 3.05) is 0 Å². The number of hydrogen-bond donors (Lipinski definition) is 0. The summed E-state index contributed by atoms with van der Waals surface area (Å²) in [7, 11) is 0. The normalized spacial score (nSPS) is 10.7. The predicted molar refractivity (Wildman–Crippen MR) is 65.4 cm³/mol. The molecule has 0 spiro atoms. The van der Waals surface area contributed by atoms with Crippen LogP contribution < -0.4 is 0 Å². The number of nitrogens with zero attached hydrogens (tertiary/aromatic N) is 2. The fraction of sp³-hybridized carbons (Fsp3) is 0.273. The molecule has 84 valence electrons. The highest BCUT2D eigenvalue weighted by molar-refractivity contribution is 7.13. The van der Waals surface area contributed by atoms with Gasteiger partial charge in [-0.25, -0.2) is 4.98 Å². The van der Waals surface area contributed by atoms with E-state index in [1.807, 2.05) is 23.8 Å². The van der Waals surface area contributed by atoms with Gasteiger partial charge >= 0.3 is 0 Å². The van der Waals surface area contributed by atoms with E-state index in [9.17, 15) is 4.79 Å². The van der Waals surface area contributed by atoms with Crippen LogP contribution >= 0.6 is 22.9 Å². The molecule has 0 aliphatic carbocycles. The number of imidazole rings is 1. The highest BCUT2D eigenvalue weighted by Crippen LogP contribution is 2.28. The van der Waals surface area contributed by atoms with Crippen LogP contribution in [0.5, 0.6) is 0 Å². The second-order valence-corrected chi connectivity index (χ2v) is 4.69. The van der Waals surface area contributed by atoms with Crippen molar-refractivity contribution in [2.24, 2.45) is 0 Å². The number of ketones is 1. The van der Waals surface area contributed by atoms with Gasteiger partial charge in [0.1, 0.15) is 0 Å². The van der Waals surface area contributed by atoms with Gasteiger partial charge in [-0.15, -0.1) is 11.3 Å². The number of carbonyl (C=O) groups is 1. The molecule has 0 atom stereocenters. The number of thiophene rings is 1. The fourth-order valence-electron chi connectivity index (χ4n) is 1.46. The summed E-state index contributed by atoms with van der Waals surface area (Å²) in [4.78, 5) is 16.8. The van der Waals surface area contributed by atoms with Gasteiger partial charge in [-0.3, -0.25) is 4.79 Å². The predicted octanol–water partition coefficient (Wildman–Crippen LogP) is 3.16. The standard InChI is InChI=1S/C11H11ClN2OS/c1-3-14-5-4-13-11(14)9(15)10-8(12)7(2)6-16-10/h4-6H,3H2,1-2H3. The summed E-state index contributed by atoms with van der Waals surface area (Å²) in [6.45, 7) is 4.59. The van der Waals surface area contributed by atoms with Gasteiger partial charge in [0.25, 0.3) is 0 Å². The molecule has 0 aromatic carbocycles. The summed E-state index contributed by atoms with van der Waals surface area (Å²) in [5.74, 6) is 0.348. The summed E-state index contributed by atoms with van der Waals surface area (Å²) in [6.07, 6.45) is 3.42. The Balaban J connectivity index is 2.43. The molecule has 2 aromatic heterocycles. The third-order valence-corrected chi connectivity index (χ3v) is 4.06. The van der Waals surface area contributed by atoms with Crippen LogP contribution in [0.3, 0.4) is 0 Å². The quantitative estimate of drug-likeness (QED) is 0.789. The number of aryl methyl sites for hydroxylation is 2. The molecule has 0 fully saturated rings. The molecule has 2 rings (SSSR count). The van der Waals surface area contributed by atoms with Crippen molar-refractivity contribution in [2.45, 2.75) is 20.4 Å². The second kappa shape index (κ2) is 4.39. The van der Waals surface area contributed by atoms with E-state index in [0.717, 1.165) is 12.1 Å². The average Bonchev–Trinajstić information content (AvgIpc) is 2.86. The maximum atomic E-state index is 12.2. The molecule has 0 aliphatic heterocycles. The Morgan fingerprint density at radius 2 is 2.38 bits per heavy atom. The molecule has 5 heteroatoms. The number of aromatic nitrogens is 2. The molecule has 0 radical (unpaired) electrons. The first kappa shape index (κ1) is 11.4. The molecule has 0 aliphatic rings. The first-order valence-corrected chi connectivity index (χ1v) is 6.20. The minimum atomic E-state index is -0.102. The molecule has 0 amide bonds. The van der Waals surface area contributed by atoms with Gasteiger partial charge in [-0.05, 0) is 24.8 Å². The topological polar surface area (TPSA) is 34.9 Å². The molecule has 3 nitrogen and oxygen atoms in total. The molecule has 0 N–H and O–H groups in total. The van der Waals surface area contributed by atoms with Crippen molar-refractivity contribution in [1.29, 1.82) is 0 Å². The van der Waals surface area contributed by atoms with Crippen LogP contribution in [0.25, 0.3) is 0 Å². The summed E-state index contributed by atoms with van der Waals surface area (Å²) >= 11 is 7.44. The van der Waals surface area contributed by atoms with Crippen molar-refractivity contribution in [3.63, 3.8) is 0 Å². The van der Waals surface area contributed by atoms with E-state index in [-0.39, 0.29) is 5.78 Å². The van der Waals surface area contributed by atoms with E-state index >= 15 is 0 Å². The smallest absolute Gasteiger partial charge is 0.239 e. The van der Waals surface area contributed by atoms with Gasteiger partial charge in [0.05, 0.1) is 9.90 Å². The van der Waals surface area contributed by atoms with Gasteiger partial charge in [-0.2, -0.15) is 0 Å². The molecule has 0 bridgehead atoms. The Labute approximate surface area is 103 Å². The highest BCUT2D eigenvalue weighted by Gasteiger charge is 2.20. The lowest BCUT2D eigenvalue weighted by Crippen LogP contribution is -2.09. The van der Waals surface area contributed by atoms with Crippen molar-refractivity contribution in [3.05, 3.63) is 39.1 Å². The first-order chi connectivity index (χ1) is 7.65. The van der Waals surface area contributed by atoms with Crippen LogP contribution in [0.2, 0.25) is 5.02 Å². The van der Waals surface area contributed by atoms with E-state index < -0.39 is 0 Å². The first-order valence-electron chi connectivity index (χ1n) is 4.94. The highest BCUT2D eigenvalue weighted by atomic mass is 35.5. The van der Waals surface area contributed by atoms with Crippen LogP contribution in [0.15, 0.2) is 17.8 Å². The number of carbonyl (C=O) groups excluding carboxylic acids is 1. The Hall–Kier alpha value is -1.13. The largest absolute Gasteiger partial charge is 0.328 e. The molecule has 0 saturated carbocycles. The summed E-state index contributed by atoms with van der Waals surface area (Å²) in [5.41, 5.74) is 0.935. The zero-order valence-electron chi connectivity index (χ0n) is 9.03. The zero-order chi connectivity index (χ0) is 11.7. The van der Waals surface area contributed by atoms with E-state index in [2.05, 4.69) is 4.98 Å². The Kier molecular flexibility index (Phi) is 3.12. The Morgan fingerprint density at radius 3 is 2.94 bits per heavy atom. The molecular weight excluding hydrogens is 244 g/mol. The molecule has 2 heterocycles. The minimum Gasteiger partial charge on any atom is -0.328 e. The van der Waals surface area contributed by atoms with Crippen LogP contribution in [0.1, 0.15) is 28.0 Å². The monoisotopic (exact) mass is 254 g/mol.